The fourth-order valence-electron chi connectivity index (χ4n) is 1.95. The first-order valence-electron chi connectivity index (χ1n) is 6.16. The molecular weight excluding hydrogens is 249 g/mol. The van der Waals surface area contributed by atoms with Crippen molar-refractivity contribution in [1.82, 2.24) is 15.1 Å². The molecule has 0 unspecified atom stereocenters. The third-order valence-electron chi connectivity index (χ3n) is 3.14. The number of amides is 3. The number of piperazine rings is 1. The number of nitrogens with one attached hydrogen (secondary N) is 1. The molecule has 1 aliphatic rings. The van der Waals surface area contributed by atoms with Crippen molar-refractivity contribution in [2.24, 2.45) is 0 Å². The highest BCUT2D eigenvalue weighted by Crippen LogP contribution is 2.06. The first-order chi connectivity index (χ1) is 9.20. The zero-order valence-corrected chi connectivity index (χ0v) is 10.5. The first-order valence-corrected chi connectivity index (χ1v) is 6.16. The fourth-order valence-corrected chi connectivity index (χ4v) is 1.95. The molecule has 2 rings (SSSR count). The monoisotopic (exact) mass is 265 g/mol. The van der Waals surface area contributed by atoms with Crippen molar-refractivity contribution in [3.8, 4) is 0 Å². The highest BCUT2D eigenvalue weighted by molar-refractivity contribution is 5.74. The number of carbonyl (C=O) groups is 2. The summed E-state index contributed by atoms with van der Waals surface area (Å²) in [4.78, 5) is 25.7. The number of hydrogen-bond donors (Lipinski definition) is 1. The van der Waals surface area contributed by atoms with Crippen LogP contribution < -0.4 is 5.32 Å². The van der Waals surface area contributed by atoms with Gasteiger partial charge in [-0.1, -0.05) is 18.2 Å². The van der Waals surface area contributed by atoms with E-state index >= 15 is 0 Å². The minimum Gasteiger partial charge on any atom is -0.342 e. The van der Waals surface area contributed by atoms with Gasteiger partial charge in [-0.25, -0.2) is 9.18 Å². The summed E-state index contributed by atoms with van der Waals surface area (Å²) in [6, 6.07) is 6.12. The van der Waals surface area contributed by atoms with Gasteiger partial charge in [-0.2, -0.15) is 0 Å². The van der Waals surface area contributed by atoms with Crippen LogP contribution >= 0.6 is 0 Å². The molecule has 5 nitrogen and oxygen atoms in total. The smallest absolute Gasteiger partial charge is 0.317 e. The highest BCUT2D eigenvalue weighted by atomic mass is 19.1. The summed E-state index contributed by atoms with van der Waals surface area (Å²) < 4.78 is 13.4. The first kappa shape index (κ1) is 13.3. The molecule has 6 heteroatoms. The van der Waals surface area contributed by atoms with Crippen LogP contribution in [-0.2, 0) is 11.3 Å². The Labute approximate surface area is 111 Å². The molecule has 1 aliphatic heterocycles. The summed E-state index contributed by atoms with van der Waals surface area (Å²) in [5.74, 6) is -0.325. The summed E-state index contributed by atoms with van der Waals surface area (Å²) in [6.45, 7) is 2.25. The van der Waals surface area contributed by atoms with Gasteiger partial charge in [0, 0.05) is 38.3 Å². The second-order valence-electron chi connectivity index (χ2n) is 4.38. The average Bonchev–Trinajstić information content (AvgIpc) is 2.46. The molecule has 1 N–H and O–H groups in total. The number of benzene rings is 1. The van der Waals surface area contributed by atoms with E-state index in [0.29, 0.717) is 31.7 Å². The molecule has 1 saturated heterocycles. The number of rotatable bonds is 3. The molecule has 102 valence electrons. The van der Waals surface area contributed by atoms with Gasteiger partial charge in [-0.15, -0.1) is 0 Å². The Balaban J connectivity index is 1.82. The molecule has 1 heterocycles. The van der Waals surface area contributed by atoms with E-state index in [-0.39, 0.29) is 18.4 Å². The lowest BCUT2D eigenvalue weighted by atomic mass is 10.2. The number of halogens is 1. The van der Waals surface area contributed by atoms with Gasteiger partial charge >= 0.3 is 6.03 Å². The number of carbonyl (C=O) groups excluding carboxylic acids is 2. The summed E-state index contributed by atoms with van der Waals surface area (Å²) in [5, 5.41) is 2.68. The van der Waals surface area contributed by atoms with Gasteiger partial charge in [0.15, 0.2) is 0 Å². The zero-order valence-electron chi connectivity index (χ0n) is 10.5. The minimum atomic E-state index is -0.325. The molecule has 1 aromatic rings. The normalized spacial score (nSPS) is 15.2. The van der Waals surface area contributed by atoms with Crippen LogP contribution in [-0.4, -0.2) is 48.4 Å². The molecule has 1 aromatic carbocycles. The predicted molar refractivity (Wildman–Crippen MR) is 67.8 cm³/mol. The average molecular weight is 265 g/mol. The Kier molecular flexibility index (Phi) is 4.33. The second-order valence-corrected chi connectivity index (χ2v) is 4.38. The number of urea groups is 1. The van der Waals surface area contributed by atoms with Crippen LogP contribution in [0.4, 0.5) is 9.18 Å². The minimum absolute atomic E-state index is 0.166. The van der Waals surface area contributed by atoms with Crippen LogP contribution in [0, 0.1) is 5.82 Å². The van der Waals surface area contributed by atoms with E-state index in [1.807, 2.05) is 0 Å². The van der Waals surface area contributed by atoms with Crippen molar-refractivity contribution >= 4 is 12.4 Å². The van der Waals surface area contributed by atoms with Crippen molar-refractivity contribution in [3.63, 3.8) is 0 Å². The van der Waals surface area contributed by atoms with E-state index in [2.05, 4.69) is 5.32 Å². The summed E-state index contributed by atoms with van der Waals surface area (Å²) >= 11 is 0. The van der Waals surface area contributed by atoms with Crippen LogP contribution in [0.5, 0.6) is 0 Å². The molecule has 0 aromatic heterocycles. The van der Waals surface area contributed by atoms with Crippen molar-refractivity contribution < 1.29 is 14.0 Å². The Morgan fingerprint density at radius 3 is 2.58 bits per heavy atom. The van der Waals surface area contributed by atoms with Gasteiger partial charge in [-0.3, -0.25) is 4.79 Å². The fraction of sp³-hybridized carbons (Fsp3) is 0.385. The summed E-state index contributed by atoms with van der Waals surface area (Å²) in [7, 11) is 0. The molecule has 1 fully saturated rings. The molecule has 0 radical (unpaired) electrons. The quantitative estimate of drug-likeness (QED) is 0.822. The van der Waals surface area contributed by atoms with E-state index in [0.717, 1.165) is 6.41 Å². The SMILES string of the molecule is O=CN1CCN(C(=O)NCc2ccccc2F)CC1. The number of hydrogen-bond acceptors (Lipinski definition) is 2. The lowest BCUT2D eigenvalue weighted by Gasteiger charge is -2.32. The largest absolute Gasteiger partial charge is 0.342 e. The van der Waals surface area contributed by atoms with Gasteiger partial charge in [0.25, 0.3) is 0 Å². The summed E-state index contributed by atoms with van der Waals surface area (Å²) in [5.41, 5.74) is 0.461. The molecule has 0 saturated carbocycles. The van der Waals surface area contributed by atoms with Crippen molar-refractivity contribution in [3.05, 3.63) is 35.6 Å². The van der Waals surface area contributed by atoms with E-state index in [9.17, 15) is 14.0 Å². The maximum absolute atomic E-state index is 13.4. The van der Waals surface area contributed by atoms with Gasteiger partial charge in [0.2, 0.25) is 6.41 Å². The van der Waals surface area contributed by atoms with Gasteiger partial charge in [-0.05, 0) is 6.07 Å². The van der Waals surface area contributed by atoms with E-state index in [1.165, 1.54) is 6.07 Å². The topological polar surface area (TPSA) is 52.7 Å². The predicted octanol–water partition coefficient (Wildman–Crippen LogP) is 0.809. The summed E-state index contributed by atoms with van der Waals surface area (Å²) in [6.07, 6.45) is 0.786. The Bertz CT molecular complexity index is 459. The van der Waals surface area contributed by atoms with Gasteiger partial charge in [0.1, 0.15) is 5.82 Å². The molecule has 0 bridgehead atoms. The van der Waals surface area contributed by atoms with Crippen LogP contribution in [0.3, 0.4) is 0 Å². The van der Waals surface area contributed by atoms with Crippen LogP contribution in [0.15, 0.2) is 24.3 Å². The zero-order chi connectivity index (χ0) is 13.7. The molecule has 19 heavy (non-hydrogen) atoms. The third kappa shape index (κ3) is 3.43. The molecule has 0 spiro atoms. The molecule has 0 aliphatic carbocycles. The van der Waals surface area contributed by atoms with E-state index in [1.54, 1.807) is 28.0 Å². The maximum atomic E-state index is 13.4. The standard InChI is InChI=1S/C13H16FN3O2/c14-12-4-2-1-3-11(12)9-15-13(19)17-7-5-16(10-18)6-8-17/h1-4,10H,5-9H2,(H,15,19). The molecule has 0 atom stereocenters. The van der Waals surface area contributed by atoms with Crippen LogP contribution in [0.25, 0.3) is 0 Å². The van der Waals surface area contributed by atoms with Crippen molar-refractivity contribution in [2.45, 2.75) is 6.54 Å². The third-order valence-corrected chi connectivity index (χ3v) is 3.14. The second kappa shape index (κ2) is 6.17. The van der Waals surface area contributed by atoms with E-state index < -0.39 is 0 Å². The van der Waals surface area contributed by atoms with Crippen molar-refractivity contribution in [1.29, 1.82) is 0 Å². The lowest BCUT2D eigenvalue weighted by molar-refractivity contribution is -0.119. The highest BCUT2D eigenvalue weighted by Gasteiger charge is 2.19. The van der Waals surface area contributed by atoms with E-state index in [4.69, 9.17) is 0 Å². The number of nitrogens with zero attached hydrogens (tertiary/aromatic N) is 2. The Morgan fingerprint density at radius 2 is 1.95 bits per heavy atom. The van der Waals surface area contributed by atoms with Crippen LogP contribution in [0.2, 0.25) is 0 Å². The maximum Gasteiger partial charge on any atom is 0.317 e. The molecular formula is C13H16FN3O2. The van der Waals surface area contributed by atoms with Crippen LogP contribution in [0.1, 0.15) is 5.56 Å². The lowest BCUT2D eigenvalue weighted by Crippen LogP contribution is -2.51. The Morgan fingerprint density at radius 1 is 1.26 bits per heavy atom. The van der Waals surface area contributed by atoms with Gasteiger partial charge in [0.05, 0.1) is 0 Å². The van der Waals surface area contributed by atoms with Gasteiger partial charge < -0.3 is 15.1 Å². The van der Waals surface area contributed by atoms with Crippen molar-refractivity contribution in [2.75, 3.05) is 26.2 Å². The Hall–Kier alpha value is -2.11. The molecule has 3 amide bonds.